The van der Waals surface area contributed by atoms with Gasteiger partial charge in [0.1, 0.15) is 17.1 Å². The number of amides is 1. The molecule has 3 rings (SSSR count). The van der Waals surface area contributed by atoms with Gasteiger partial charge in [-0.1, -0.05) is 0 Å². The van der Waals surface area contributed by atoms with Gasteiger partial charge >= 0.3 is 0 Å². The number of rotatable bonds is 4. The summed E-state index contributed by atoms with van der Waals surface area (Å²) in [5.74, 6) is 2.11. The van der Waals surface area contributed by atoms with Crippen molar-refractivity contribution in [3.8, 4) is 0 Å². The minimum atomic E-state index is -0.792. The largest absolute Gasteiger partial charge is 0.445 e. The van der Waals surface area contributed by atoms with Crippen molar-refractivity contribution in [2.45, 2.75) is 58.1 Å². The lowest BCUT2D eigenvalue weighted by molar-refractivity contribution is -0.154. The molecular formula is C17H26N2O4. The average Bonchev–Trinajstić information content (AvgIpc) is 2.98. The molecule has 1 aromatic heterocycles. The zero-order chi connectivity index (χ0) is 16.4. The molecule has 0 saturated carbocycles. The lowest BCUT2D eigenvalue weighted by Crippen LogP contribution is -2.48. The second kappa shape index (κ2) is 6.61. The van der Waals surface area contributed by atoms with Crippen molar-refractivity contribution in [3.05, 3.63) is 17.3 Å². The molecule has 0 spiro atoms. The van der Waals surface area contributed by atoms with Crippen LogP contribution in [0, 0.1) is 0 Å². The van der Waals surface area contributed by atoms with Gasteiger partial charge < -0.3 is 18.8 Å². The molecule has 0 aromatic carbocycles. The van der Waals surface area contributed by atoms with Gasteiger partial charge in [-0.3, -0.25) is 4.79 Å². The van der Waals surface area contributed by atoms with Gasteiger partial charge in [-0.05, 0) is 33.6 Å². The van der Waals surface area contributed by atoms with E-state index in [1.165, 1.54) is 0 Å². The molecule has 6 heteroatoms. The van der Waals surface area contributed by atoms with E-state index in [2.05, 4.69) is 4.98 Å². The Hall–Kier alpha value is -1.40. The summed E-state index contributed by atoms with van der Waals surface area (Å²) in [5.41, 5.74) is 0.109. The first-order chi connectivity index (χ1) is 11.0. The highest BCUT2D eigenvalue weighted by Crippen LogP contribution is 2.30. The maximum atomic E-state index is 12.7. The topological polar surface area (TPSA) is 64.8 Å². The van der Waals surface area contributed by atoms with E-state index >= 15 is 0 Å². The van der Waals surface area contributed by atoms with Gasteiger partial charge in [0.2, 0.25) is 0 Å². The first-order valence-electron chi connectivity index (χ1n) is 8.51. The molecule has 0 radical (unpaired) electrons. The molecule has 0 N–H and O–H groups in total. The van der Waals surface area contributed by atoms with Gasteiger partial charge in [0.25, 0.3) is 5.91 Å². The summed E-state index contributed by atoms with van der Waals surface area (Å²) in [6, 6.07) is 0. The third kappa shape index (κ3) is 3.43. The number of hydrogen-bond donors (Lipinski definition) is 0. The Labute approximate surface area is 137 Å². The van der Waals surface area contributed by atoms with Crippen LogP contribution in [0.25, 0.3) is 0 Å². The molecule has 1 saturated heterocycles. The van der Waals surface area contributed by atoms with E-state index in [1.54, 1.807) is 0 Å². The van der Waals surface area contributed by atoms with Crippen LogP contribution < -0.4 is 0 Å². The minimum Gasteiger partial charge on any atom is -0.445 e. The lowest BCUT2D eigenvalue weighted by atomic mass is 10.0. The van der Waals surface area contributed by atoms with Crippen LogP contribution in [-0.4, -0.2) is 47.8 Å². The predicted molar refractivity (Wildman–Crippen MR) is 84.1 cm³/mol. The van der Waals surface area contributed by atoms with Gasteiger partial charge in [0.05, 0.1) is 6.54 Å². The van der Waals surface area contributed by atoms with Crippen molar-refractivity contribution >= 4 is 5.91 Å². The van der Waals surface area contributed by atoms with Crippen molar-refractivity contribution in [1.82, 2.24) is 9.88 Å². The van der Waals surface area contributed by atoms with Gasteiger partial charge in [-0.2, -0.15) is 0 Å². The summed E-state index contributed by atoms with van der Waals surface area (Å²) >= 11 is 0. The fourth-order valence-electron chi connectivity index (χ4n) is 3.31. The summed E-state index contributed by atoms with van der Waals surface area (Å²) in [6.07, 6.45) is 2.64. The Morgan fingerprint density at radius 1 is 1.39 bits per heavy atom. The quantitative estimate of drug-likeness (QED) is 0.851. The summed E-state index contributed by atoms with van der Waals surface area (Å²) in [6.45, 7) is 8.78. The fourth-order valence-corrected chi connectivity index (χ4v) is 3.31. The fraction of sp³-hybridized carbons (Fsp3) is 0.765. The van der Waals surface area contributed by atoms with Gasteiger partial charge in [0.15, 0.2) is 5.89 Å². The summed E-state index contributed by atoms with van der Waals surface area (Å²) in [4.78, 5) is 19.2. The molecule has 6 nitrogen and oxygen atoms in total. The molecule has 0 atom stereocenters. The van der Waals surface area contributed by atoms with E-state index in [1.807, 2.05) is 25.7 Å². The number of fused-ring (bicyclic) bond motifs is 1. The van der Waals surface area contributed by atoms with Gasteiger partial charge in [-0.15, -0.1) is 0 Å². The van der Waals surface area contributed by atoms with Crippen LogP contribution in [0.4, 0.5) is 0 Å². The molecule has 128 valence electrons. The monoisotopic (exact) mass is 322 g/mol. The number of carbonyl (C=O) groups is 1. The van der Waals surface area contributed by atoms with Crippen LogP contribution in [0.1, 0.15) is 56.9 Å². The van der Waals surface area contributed by atoms with Crippen LogP contribution >= 0.6 is 0 Å². The van der Waals surface area contributed by atoms with E-state index in [0.717, 1.165) is 49.8 Å². The minimum absolute atomic E-state index is 0.0145. The first kappa shape index (κ1) is 16.5. The summed E-state index contributed by atoms with van der Waals surface area (Å²) in [5, 5.41) is 0. The molecule has 2 aliphatic rings. The number of hydrogen-bond acceptors (Lipinski definition) is 5. The van der Waals surface area contributed by atoms with E-state index < -0.39 is 5.60 Å². The highest BCUT2D eigenvalue weighted by molar-refractivity contribution is 5.84. The molecule has 1 amide bonds. The van der Waals surface area contributed by atoms with Crippen molar-refractivity contribution in [3.63, 3.8) is 0 Å². The molecule has 0 unspecified atom stereocenters. The third-order valence-electron chi connectivity index (χ3n) is 4.62. The molecule has 23 heavy (non-hydrogen) atoms. The van der Waals surface area contributed by atoms with Crippen LogP contribution in [0.5, 0.6) is 0 Å². The average molecular weight is 322 g/mol. The number of nitrogens with zero attached hydrogens (tertiary/aromatic N) is 2. The SMILES string of the molecule is CCOC(C)(C)C(=O)N1CCc2oc(C3CCOCC3)nc2C1. The van der Waals surface area contributed by atoms with Crippen LogP contribution in [0.3, 0.4) is 0 Å². The van der Waals surface area contributed by atoms with Crippen LogP contribution in [-0.2, 0) is 27.2 Å². The van der Waals surface area contributed by atoms with Gasteiger partial charge in [-0.25, -0.2) is 4.98 Å². The maximum Gasteiger partial charge on any atom is 0.254 e. The molecule has 1 aromatic rings. The molecule has 0 aliphatic carbocycles. The number of ether oxygens (including phenoxy) is 2. The predicted octanol–water partition coefficient (Wildman–Crippen LogP) is 2.27. The van der Waals surface area contributed by atoms with Crippen molar-refractivity contribution in [2.24, 2.45) is 0 Å². The lowest BCUT2D eigenvalue weighted by Gasteiger charge is -2.33. The molecule has 1 fully saturated rings. The number of aromatic nitrogens is 1. The zero-order valence-corrected chi connectivity index (χ0v) is 14.3. The standard InChI is InChI=1S/C17H26N2O4/c1-4-22-17(2,3)16(20)19-8-5-14-13(11-19)18-15(23-14)12-6-9-21-10-7-12/h12H,4-11H2,1-3H3. The summed E-state index contributed by atoms with van der Waals surface area (Å²) < 4.78 is 17.0. The molecule has 0 bridgehead atoms. The van der Waals surface area contributed by atoms with Crippen molar-refractivity contribution in [1.29, 1.82) is 0 Å². The van der Waals surface area contributed by atoms with Crippen LogP contribution in [0.15, 0.2) is 4.42 Å². The Bertz CT molecular complexity index is 561. The van der Waals surface area contributed by atoms with Crippen molar-refractivity contribution in [2.75, 3.05) is 26.4 Å². The highest BCUT2D eigenvalue weighted by Gasteiger charge is 2.36. The molecular weight excluding hydrogens is 296 g/mol. The molecule has 2 aliphatic heterocycles. The third-order valence-corrected chi connectivity index (χ3v) is 4.62. The second-order valence-electron chi connectivity index (χ2n) is 6.73. The number of oxazole rings is 1. The van der Waals surface area contributed by atoms with E-state index in [0.29, 0.717) is 25.6 Å². The van der Waals surface area contributed by atoms with Crippen LogP contribution in [0.2, 0.25) is 0 Å². The second-order valence-corrected chi connectivity index (χ2v) is 6.73. The smallest absolute Gasteiger partial charge is 0.254 e. The van der Waals surface area contributed by atoms with E-state index in [-0.39, 0.29) is 5.91 Å². The summed E-state index contributed by atoms with van der Waals surface area (Å²) in [7, 11) is 0. The normalized spacial score (nSPS) is 19.7. The van der Waals surface area contributed by atoms with Gasteiger partial charge in [0, 0.05) is 38.7 Å². The molecule has 3 heterocycles. The zero-order valence-electron chi connectivity index (χ0n) is 14.3. The maximum absolute atomic E-state index is 12.7. The Balaban J connectivity index is 1.71. The Morgan fingerprint density at radius 3 is 2.83 bits per heavy atom. The number of carbonyl (C=O) groups excluding carboxylic acids is 1. The first-order valence-corrected chi connectivity index (χ1v) is 8.51. The van der Waals surface area contributed by atoms with E-state index in [4.69, 9.17) is 13.9 Å². The Kier molecular flexibility index (Phi) is 4.73. The van der Waals surface area contributed by atoms with Crippen molar-refractivity contribution < 1.29 is 18.7 Å². The van der Waals surface area contributed by atoms with E-state index in [9.17, 15) is 4.79 Å². The highest BCUT2D eigenvalue weighted by atomic mass is 16.5. The Morgan fingerprint density at radius 2 is 2.13 bits per heavy atom.